The highest BCUT2D eigenvalue weighted by Gasteiger charge is 2.22. The van der Waals surface area contributed by atoms with Crippen molar-refractivity contribution in [1.29, 1.82) is 0 Å². The van der Waals surface area contributed by atoms with Crippen molar-refractivity contribution < 1.29 is 9.90 Å². The number of nitrogen functional groups attached to an aromatic ring is 1. The zero-order valence-corrected chi connectivity index (χ0v) is 12.4. The first-order valence-corrected chi connectivity index (χ1v) is 7.29. The number of amides is 1. The van der Waals surface area contributed by atoms with Gasteiger partial charge in [0.15, 0.2) is 5.75 Å². The Morgan fingerprint density at radius 3 is 2.70 bits per heavy atom. The van der Waals surface area contributed by atoms with Gasteiger partial charge in [0, 0.05) is 10.9 Å². The van der Waals surface area contributed by atoms with E-state index in [-0.39, 0.29) is 28.9 Å². The lowest BCUT2D eigenvalue weighted by atomic mass is 10.1. The minimum atomic E-state index is -0.210. The summed E-state index contributed by atoms with van der Waals surface area (Å²) in [6.45, 7) is 4.44. The van der Waals surface area contributed by atoms with Crippen LogP contribution in [0.15, 0.2) is 35.7 Å². The van der Waals surface area contributed by atoms with Crippen LogP contribution in [0.1, 0.15) is 29.1 Å². The number of aromatic hydroxyl groups is 1. The molecule has 1 heterocycles. The van der Waals surface area contributed by atoms with E-state index in [2.05, 4.69) is 0 Å². The Bertz CT molecular complexity index is 594. The number of anilines is 1. The summed E-state index contributed by atoms with van der Waals surface area (Å²) in [6.07, 6.45) is 0. The number of hydrogen-bond acceptors (Lipinski definition) is 4. The van der Waals surface area contributed by atoms with Gasteiger partial charge in [0.1, 0.15) is 0 Å². The summed E-state index contributed by atoms with van der Waals surface area (Å²) < 4.78 is 0. The van der Waals surface area contributed by atoms with Crippen molar-refractivity contribution in [1.82, 2.24) is 4.90 Å². The predicted octanol–water partition coefficient (Wildman–Crippen LogP) is 3.09. The summed E-state index contributed by atoms with van der Waals surface area (Å²) in [5, 5.41) is 11.9. The Kier molecular flexibility index (Phi) is 4.29. The third kappa shape index (κ3) is 2.93. The van der Waals surface area contributed by atoms with E-state index in [1.54, 1.807) is 34.4 Å². The molecule has 2 aromatic rings. The SMILES string of the molecule is CC(C)N(Cc1cccs1)C(=O)c1cccc(N)c1O. The first-order valence-electron chi connectivity index (χ1n) is 6.41. The lowest BCUT2D eigenvalue weighted by Crippen LogP contribution is -2.36. The van der Waals surface area contributed by atoms with Crippen LogP contribution in [0, 0.1) is 0 Å². The second-order valence-electron chi connectivity index (χ2n) is 4.85. The predicted molar refractivity (Wildman–Crippen MR) is 81.8 cm³/mol. The quantitative estimate of drug-likeness (QED) is 0.671. The van der Waals surface area contributed by atoms with Crippen LogP contribution in [0.25, 0.3) is 0 Å². The van der Waals surface area contributed by atoms with E-state index < -0.39 is 0 Å². The number of benzene rings is 1. The van der Waals surface area contributed by atoms with Crippen molar-refractivity contribution in [3.63, 3.8) is 0 Å². The van der Waals surface area contributed by atoms with E-state index >= 15 is 0 Å². The molecular weight excluding hydrogens is 272 g/mol. The van der Waals surface area contributed by atoms with E-state index in [4.69, 9.17) is 5.73 Å². The standard InChI is InChI=1S/C15H18N2O2S/c1-10(2)17(9-11-5-4-8-20-11)15(19)12-6-3-7-13(16)14(12)18/h3-8,10,18H,9,16H2,1-2H3. The second kappa shape index (κ2) is 5.96. The molecule has 5 heteroatoms. The lowest BCUT2D eigenvalue weighted by molar-refractivity contribution is 0.0689. The number of phenols is 1. The molecule has 1 amide bonds. The van der Waals surface area contributed by atoms with Crippen LogP contribution in [0.2, 0.25) is 0 Å². The van der Waals surface area contributed by atoms with Gasteiger partial charge in [0.2, 0.25) is 0 Å². The zero-order valence-electron chi connectivity index (χ0n) is 11.5. The lowest BCUT2D eigenvalue weighted by Gasteiger charge is -2.26. The van der Waals surface area contributed by atoms with Crippen molar-refractivity contribution in [2.24, 2.45) is 0 Å². The van der Waals surface area contributed by atoms with Crippen molar-refractivity contribution in [3.05, 3.63) is 46.2 Å². The first kappa shape index (κ1) is 14.4. The van der Waals surface area contributed by atoms with Gasteiger partial charge in [-0.15, -0.1) is 11.3 Å². The van der Waals surface area contributed by atoms with Crippen LogP contribution >= 0.6 is 11.3 Å². The van der Waals surface area contributed by atoms with E-state index in [1.165, 1.54) is 0 Å². The van der Waals surface area contributed by atoms with Crippen LogP contribution in [-0.2, 0) is 6.54 Å². The highest BCUT2D eigenvalue weighted by atomic mass is 32.1. The Labute approximate surface area is 122 Å². The molecule has 0 unspecified atom stereocenters. The summed E-state index contributed by atoms with van der Waals surface area (Å²) in [5.74, 6) is -0.354. The Hall–Kier alpha value is -2.01. The molecule has 20 heavy (non-hydrogen) atoms. The molecule has 2 rings (SSSR count). The number of carbonyl (C=O) groups is 1. The van der Waals surface area contributed by atoms with Gasteiger partial charge in [-0.3, -0.25) is 4.79 Å². The normalized spacial score (nSPS) is 10.8. The number of thiophene rings is 1. The van der Waals surface area contributed by atoms with E-state index in [0.717, 1.165) is 4.88 Å². The monoisotopic (exact) mass is 290 g/mol. The van der Waals surface area contributed by atoms with E-state index in [9.17, 15) is 9.90 Å². The molecule has 0 spiro atoms. The van der Waals surface area contributed by atoms with Gasteiger partial charge in [-0.05, 0) is 37.4 Å². The molecule has 0 aliphatic carbocycles. The number of nitrogens with zero attached hydrogens (tertiary/aromatic N) is 1. The number of hydrogen-bond donors (Lipinski definition) is 2. The third-order valence-corrected chi connectivity index (χ3v) is 3.95. The van der Waals surface area contributed by atoms with Crippen LogP contribution in [-0.4, -0.2) is 22.0 Å². The summed E-state index contributed by atoms with van der Waals surface area (Å²) in [5.41, 5.74) is 6.12. The second-order valence-corrected chi connectivity index (χ2v) is 5.88. The van der Waals surface area contributed by atoms with Crippen molar-refractivity contribution in [3.8, 4) is 5.75 Å². The number of rotatable bonds is 4. The highest BCUT2D eigenvalue weighted by molar-refractivity contribution is 7.09. The number of nitrogens with two attached hydrogens (primary N) is 1. The molecule has 0 bridgehead atoms. The highest BCUT2D eigenvalue weighted by Crippen LogP contribution is 2.27. The maximum Gasteiger partial charge on any atom is 0.258 e. The minimum Gasteiger partial charge on any atom is -0.505 e. The zero-order chi connectivity index (χ0) is 14.7. The smallest absolute Gasteiger partial charge is 0.258 e. The average Bonchev–Trinajstić information content (AvgIpc) is 2.91. The van der Waals surface area contributed by atoms with Crippen LogP contribution < -0.4 is 5.73 Å². The molecular formula is C15H18N2O2S. The first-order chi connectivity index (χ1) is 9.50. The number of para-hydroxylation sites is 1. The topological polar surface area (TPSA) is 66.6 Å². The molecule has 0 fully saturated rings. The Morgan fingerprint density at radius 1 is 1.35 bits per heavy atom. The molecule has 0 saturated carbocycles. The van der Waals surface area contributed by atoms with Gasteiger partial charge in [-0.2, -0.15) is 0 Å². The Balaban J connectivity index is 2.29. The van der Waals surface area contributed by atoms with Crippen LogP contribution in [0.5, 0.6) is 5.75 Å². The Morgan fingerprint density at radius 2 is 2.10 bits per heavy atom. The minimum absolute atomic E-state index is 0.0328. The van der Waals surface area contributed by atoms with E-state index in [0.29, 0.717) is 6.54 Å². The maximum absolute atomic E-state index is 12.6. The summed E-state index contributed by atoms with van der Waals surface area (Å²) >= 11 is 1.61. The van der Waals surface area contributed by atoms with Gasteiger partial charge < -0.3 is 15.7 Å². The molecule has 1 aromatic carbocycles. The summed E-state index contributed by atoms with van der Waals surface area (Å²) in [4.78, 5) is 15.4. The van der Waals surface area contributed by atoms with Crippen molar-refractivity contribution in [2.45, 2.75) is 26.4 Å². The third-order valence-electron chi connectivity index (χ3n) is 3.09. The van der Waals surface area contributed by atoms with Crippen LogP contribution in [0.3, 0.4) is 0 Å². The molecule has 106 valence electrons. The molecule has 3 N–H and O–H groups in total. The van der Waals surface area contributed by atoms with E-state index in [1.807, 2.05) is 31.4 Å². The van der Waals surface area contributed by atoms with Gasteiger partial charge in [-0.25, -0.2) is 0 Å². The van der Waals surface area contributed by atoms with Crippen molar-refractivity contribution in [2.75, 3.05) is 5.73 Å². The molecule has 0 radical (unpaired) electrons. The summed E-state index contributed by atoms with van der Waals surface area (Å²) in [7, 11) is 0. The number of phenolic OH excluding ortho intramolecular Hbond substituents is 1. The summed E-state index contributed by atoms with van der Waals surface area (Å²) in [6, 6.07) is 8.83. The van der Waals surface area contributed by atoms with Gasteiger partial charge in [0.05, 0.1) is 17.8 Å². The molecule has 1 aromatic heterocycles. The molecule has 4 nitrogen and oxygen atoms in total. The fourth-order valence-corrected chi connectivity index (χ4v) is 2.65. The molecule has 0 saturated heterocycles. The van der Waals surface area contributed by atoms with Gasteiger partial charge >= 0.3 is 0 Å². The van der Waals surface area contributed by atoms with Gasteiger partial charge in [0.25, 0.3) is 5.91 Å². The van der Waals surface area contributed by atoms with Crippen LogP contribution in [0.4, 0.5) is 5.69 Å². The van der Waals surface area contributed by atoms with Crippen molar-refractivity contribution >= 4 is 22.9 Å². The van der Waals surface area contributed by atoms with Gasteiger partial charge in [-0.1, -0.05) is 12.1 Å². The maximum atomic E-state index is 12.6. The molecule has 0 aliphatic heterocycles. The fraction of sp³-hybridized carbons (Fsp3) is 0.267. The molecule has 0 atom stereocenters. The fourth-order valence-electron chi connectivity index (χ4n) is 1.95. The number of carbonyl (C=O) groups excluding carboxylic acids is 1. The molecule has 0 aliphatic rings. The largest absolute Gasteiger partial charge is 0.505 e. The average molecular weight is 290 g/mol.